The van der Waals surface area contributed by atoms with Crippen molar-refractivity contribution >= 4 is 23.7 Å². The van der Waals surface area contributed by atoms with E-state index in [9.17, 15) is 19.7 Å². The molecule has 170 valence electrons. The zero-order valence-electron chi connectivity index (χ0n) is 18.6. The molecule has 0 fully saturated rings. The van der Waals surface area contributed by atoms with Gasteiger partial charge in [-0.1, -0.05) is 37.6 Å². The van der Waals surface area contributed by atoms with Gasteiger partial charge in [-0.15, -0.1) is 0 Å². The van der Waals surface area contributed by atoms with Gasteiger partial charge in [-0.3, -0.25) is 19.7 Å². The monoisotopic (exact) mass is 447 g/mol. The Morgan fingerprint density at radius 1 is 1.09 bits per heavy atom. The van der Waals surface area contributed by atoms with E-state index in [0.29, 0.717) is 16.9 Å². The molecule has 2 amide bonds. The van der Waals surface area contributed by atoms with E-state index in [0.717, 1.165) is 5.56 Å². The fraction of sp³-hybridized carbons (Fsp3) is 0.208. The molecule has 9 nitrogen and oxygen atoms in total. The molecular weight excluding hydrogens is 422 g/mol. The van der Waals surface area contributed by atoms with E-state index < -0.39 is 16.9 Å². The molecular formula is C24H25N5O4. The van der Waals surface area contributed by atoms with Crippen LogP contribution in [-0.4, -0.2) is 33.6 Å². The van der Waals surface area contributed by atoms with Crippen molar-refractivity contribution in [3.63, 3.8) is 0 Å². The van der Waals surface area contributed by atoms with Crippen LogP contribution in [0, 0.1) is 23.0 Å². The molecule has 0 saturated carbocycles. The molecule has 0 bridgehead atoms. The number of non-ortho nitro benzene ring substituents is 1. The van der Waals surface area contributed by atoms with Crippen LogP contribution in [0.4, 0.5) is 5.69 Å². The molecule has 9 heteroatoms. The van der Waals surface area contributed by atoms with Crippen molar-refractivity contribution < 1.29 is 14.5 Å². The molecule has 0 aliphatic heterocycles. The average molecular weight is 447 g/mol. The van der Waals surface area contributed by atoms with Crippen molar-refractivity contribution in [3.8, 4) is 5.69 Å². The molecule has 3 rings (SSSR count). The molecule has 0 saturated heterocycles. The van der Waals surface area contributed by atoms with Gasteiger partial charge in [-0.25, -0.2) is 5.43 Å². The second-order valence-corrected chi connectivity index (χ2v) is 7.88. The van der Waals surface area contributed by atoms with E-state index in [-0.39, 0.29) is 17.5 Å². The Kier molecular flexibility index (Phi) is 7.34. The van der Waals surface area contributed by atoms with Crippen LogP contribution in [0.3, 0.4) is 0 Å². The van der Waals surface area contributed by atoms with Crippen LogP contribution >= 0.6 is 0 Å². The first-order valence-corrected chi connectivity index (χ1v) is 10.4. The highest BCUT2D eigenvalue weighted by Gasteiger charge is 2.24. The molecule has 2 aromatic carbocycles. The highest BCUT2D eigenvalue weighted by molar-refractivity contribution is 5.97. The molecule has 0 spiro atoms. The largest absolute Gasteiger partial charge is 0.340 e. The molecule has 2 N–H and O–H groups in total. The molecule has 1 atom stereocenters. The number of hydrazone groups is 1. The zero-order valence-corrected chi connectivity index (χ0v) is 18.6. The molecule has 0 radical (unpaired) electrons. The summed E-state index contributed by atoms with van der Waals surface area (Å²) in [7, 11) is 0. The number of carbonyl (C=O) groups is 2. The quantitative estimate of drug-likeness (QED) is 0.311. The van der Waals surface area contributed by atoms with Gasteiger partial charge in [0.25, 0.3) is 17.5 Å². The third kappa shape index (κ3) is 5.91. The van der Waals surface area contributed by atoms with Crippen LogP contribution in [0.1, 0.15) is 35.5 Å². The number of nitrogens with one attached hydrogen (secondary N) is 2. The number of nitro benzene ring substituents is 1. The van der Waals surface area contributed by atoms with Crippen LogP contribution in [0.2, 0.25) is 0 Å². The highest BCUT2D eigenvalue weighted by atomic mass is 16.6. The minimum absolute atomic E-state index is 0.0264. The lowest BCUT2D eigenvalue weighted by Crippen LogP contribution is -2.48. The van der Waals surface area contributed by atoms with Crippen molar-refractivity contribution in [1.29, 1.82) is 0 Å². The third-order valence-electron chi connectivity index (χ3n) is 5.02. The van der Waals surface area contributed by atoms with Gasteiger partial charge in [0, 0.05) is 23.9 Å². The van der Waals surface area contributed by atoms with E-state index in [1.165, 1.54) is 18.3 Å². The summed E-state index contributed by atoms with van der Waals surface area (Å²) in [4.78, 5) is 35.8. The number of aromatic nitrogens is 1. The Balaban J connectivity index is 1.69. The number of nitro groups is 1. The smallest absolute Gasteiger partial charge is 0.271 e. The SMILES string of the molecule is Cc1ccc(C(=O)NC(C(=O)NN=Cc2cccn2-c2cccc([N+](=O)[O-])c2)C(C)C)cc1. The lowest BCUT2D eigenvalue weighted by molar-refractivity contribution is -0.384. The van der Waals surface area contributed by atoms with Gasteiger partial charge in [0.05, 0.1) is 22.5 Å². The number of hydrogen-bond acceptors (Lipinski definition) is 5. The summed E-state index contributed by atoms with van der Waals surface area (Å²) in [6.45, 7) is 5.59. The standard InChI is InChI=1S/C24H25N5O4/c1-16(2)22(26-23(30)18-11-9-17(3)10-12-18)24(31)27-25-15-21-8-5-13-28(21)19-6-4-7-20(14-19)29(32)33/h4-16,22H,1-3H3,(H,26,30)(H,27,31). The summed E-state index contributed by atoms with van der Waals surface area (Å²) >= 11 is 0. The minimum atomic E-state index is -0.778. The van der Waals surface area contributed by atoms with Gasteiger partial charge >= 0.3 is 0 Å². The summed E-state index contributed by atoms with van der Waals surface area (Å²) in [5, 5.41) is 17.8. The number of amides is 2. The van der Waals surface area contributed by atoms with Gasteiger partial charge in [0.15, 0.2) is 0 Å². The highest BCUT2D eigenvalue weighted by Crippen LogP contribution is 2.18. The van der Waals surface area contributed by atoms with Crippen LogP contribution in [0.25, 0.3) is 5.69 Å². The predicted molar refractivity (Wildman–Crippen MR) is 125 cm³/mol. The maximum atomic E-state index is 12.7. The predicted octanol–water partition coefficient (Wildman–Crippen LogP) is 3.60. The van der Waals surface area contributed by atoms with Crippen LogP contribution in [0.5, 0.6) is 0 Å². The molecule has 0 aliphatic carbocycles. The van der Waals surface area contributed by atoms with Gasteiger partial charge in [-0.2, -0.15) is 5.10 Å². The lowest BCUT2D eigenvalue weighted by atomic mass is 10.0. The van der Waals surface area contributed by atoms with Crippen molar-refractivity contribution in [3.05, 3.63) is 93.8 Å². The maximum Gasteiger partial charge on any atom is 0.271 e. The second kappa shape index (κ2) is 10.4. The Morgan fingerprint density at radius 3 is 2.48 bits per heavy atom. The van der Waals surface area contributed by atoms with Crippen LogP contribution < -0.4 is 10.7 Å². The van der Waals surface area contributed by atoms with Gasteiger partial charge < -0.3 is 9.88 Å². The van der Waals surface area contributed by atoms with Crippen molar-refractivity contribution in [2.24, 2.45) is 11.0 Å². The number of rotatable bonds is 8. The third-order valence-corrected chi connectivity index (χ3v) is 5.02. The van der Waals surface area contributed by atoms with Gasteiger partial charge in [0.1, 0.15) is 6.04 Å². The summed E-state index contributed by atoms with van der Waals surface area (Å²) in [6, 6.07) is 16.0. The number of benzene rings is 2. The summed E-state index contributed by atoms with van der Waals surface area (Å²) in [6.07, 6.45) is 3.18. The Labute approximate surface area is 191 Å². The zero-order chi connectivity index (χ0) is 24.0. The first-order chi connectivity index (χ1) is 15.8. The number of nitrogens with zero attached hydrogens (tertiary/aromatic N) is 3. The van der Waals surface area contributed by atoms with Crippen molar-refractivity contribution in [1.82, 2.24) is 15.3 Å². The number of hydrogen-bond donors (Lipinski definition) is 2. The van der Waals surface area contributed by atoms with E-state index >= 15 is 0 Å². The Hall–Kier alpha value is -4.27. The topological polar surface area (TPSA) is 119 Å². The molecule has 33 heavy (non-hydrogen) atoms. The maximum absolute atomic E-state index is 12.7. The van der Waals surface area contributed by atoms with Crippen LogP contribution in [-0.2, 0) is 4.79 Å². The average Bonchev–Trinajstić information content (AvgIpc) is 3.26. The molecule has 1 heterocycles. The van der Waals surface area contributed by atoms with Gasteiger partial charge in [-0.05, 0) is 43.2 Å². The van der Waals surface area contributed by atoms with Crippen LogP contribution in [0.15, 0.2) is 72.0 Å². The van der Waals surface area contributed by atoms with E-state index in [4.69, 9.17) is 0 Å². The van der Waals surface area contributed by atoms with E-state index in [1.54, 1.807) is 47.2 Å². The van der Waals surface area contributed by atoms with Crippen molar-refractivity contribution in [2.75, 3.05) is 0 Å². The Morgan fingerprint density at radius 2 is 1.82 bits per heavy atom. The lowest BCUT2D eigenvalue weighted by Gasteiger charge is -2.20. The van der Waals surface area contributed by atoms with E-state index in [2.05, 4.69) is 15.8 Å². The summed E-state index contributed by atoms with van der Waals surface area (Å²) < 4.78 is 1.71. The molecule has 0 aliphatic rings. The first-order valence-electron chi connectivity index (χ1n) is 10.4. The molecule has 1 aromatic heterocycles. The normalized spacial score (nSPS) is 12.0. The minimum Gasteiger partial charge on any atom is -0.340 e. The number of aryl methyl sites for hydroxylation is 1. The van der Waals surface area contributed by atoms with Gasteiger partial charge in [0.2, 0.25) is 0 Å². The fourth-order valence-electron chi connectivity index (χ4n) is 3.19. The second-order valence-electron chi connectivity index (χ2n) is 7.88. The molecule has 3 aromatic rings. The fourth-order valence-corrected chi connectivity index (χ4v) is 3.19. The van der Waals surface area contributed by atoms with E-state index in [1.807, 2.05) is 32.9 Å². The molecule has 1 unspecified atom stereocenters. The number of carbonyl (C=O) groups excluding carboxylic acids is 2. The first kappa shape index (κ1) is 23.4. The van der Waals surface area contributed by atoms with Crippen molar-refractivity contribution in [2.45, 2.75) is 26.8 Å². The summed E-state index contributed by atoms with van der Waals surface area (Å²) in [5.74, 6) is -0.953. The summed E-state index contributed by atoms with van der Waals surface area (Å²) in [5.41, 5.74) is 5.15. The Bertz CT molecular complexity index is 1180.